The number of hydrogen-bond donors (Lipinski definition) is 3. The zero-order valence-corrected chi connectivity index (χ0v) is 17.5. The number of nitrogens with zero attached hydrogens (tertiary/aromatic N) is 1. The summed E-state index contributed by atoms with van der Waals surface area (Å²) in [6.07, 6.45) is 1.94. The molecule has 0 radical (unpaired) electrons. The second-order valence-electron chi connectivity index (χ2n) is 7.02. The Labute approximate surface area is 179 Å². The molecule has 7 heteroatoms. The molecule has 1 heterocycles. The summed E-state index contributed by atoms with van der Waals surface area (Å²) in [5.41, 5.74) is 9.67. The Morgan fingerprint density at radius 1 is 0.964 bits per heavy atom. The van der Waals surface area contributed by atoms with Crippen molar-refractivity contribution < 1.29 is 9.90 Å². The van der Waals surface area contributed by atoms with Crippen molar-refractivity contribution in [3.05, 3.63) is 65.2 Å². The lowest BCUT2D eigenvalue weighted by Gasteiger charge is -2.29. The van der Waals surface area contributed by atoms with Crippen molar-refractivity contribution in [3.8, 4) is 0 Å². The lowest BCUT2D eigenvalue weighted by Crippen LogP contribution is -2.35. The molecule has 2 aromatic carbocycles. The van der Waals surface area contributed by atoms with Crippen molar-refractivity contribution in [2.45, 2.75) is 38.5 Å². The van der Waals surface area contributed by atoms with Crippen LogP contribution in [0.5, 0.6) is 0 Å². The SMILES string of the molecule is Cl.Cl.Nc1ccc(CC(=O)NCc2ccc(CN3CCC(O)CC3)cc2)cc1. The number of carbonyl (C=O) groups excluding carboxylic acids is 1. The minimum atomic E-state index is -0.134. The van der Waals surface area contributed by atoms with Crippen LogP contribution in [0.4, 0.5) is 5.69 Å². The van der Waals surface area contributed by atoms with Crippen molar-refractivity contribution in [3.63, 3.8) is 0 Å². The number of aliphatic hydroxyl groups excluding tert-OH is 1. The maximum atomic E-state index is 12.1. The molecule has 1 aliphatic heterocycles. The van der Waals surface area contributed by atoms with Gasteiger partial charge in [0.25, 0.3) is 0 Å². The highest BCUT2D eigenvalue weighted by atomic mass is 35.5. The van der Waals surface area contributed by atoms with Gasteiger partial charge in [-0.2, -0.15) is 0 Å². The molecule has 2 aromatic rings. The van der Waals surface area contributed by atoms with E-state index in [-0.39, 0.29) is 36.8 Å². The van der Waals surface area contributed by atoms with Crippen LogP contribution < -0.4 is 11.1 Å². The van der Waals surface area contributed by atoms with Gasteiger partial charge < -0.3 is 16.2 Å². The maximum Gasteiger partial charge on any atom is 0.224 e. The highest BCUT2D eigenvalue weighted by molar-refractivity contribution is 5.85. The number of nitrogen functional groups attached to an aromatic ring is 1. The van der Waals surface area contributed by atoms with Crippen LogP contribution in [-0.4, -0.2) is 35.1 Å². The summed E-state index contributed by atoms with van der Waals surface area (Å²) in [5, 5.41) is 12.5. The van der Waals surface area contributed by atoms with E-state index in [0.29, 0.717) is 18.7 Å². The van der Waals surface area contributed by atoms with Crippen LogP contribution in [0.1, 0.15) is 29.5 Å². The van der Waals surface area contributed by atoms with Gasteiger partial charge in [-0.25, -0.2) is 0 Å². The quantitative estimate of drug-likeness (QED) is 0.621. The molecule has 154 valence electrons. The third-order valence-electron chi connectivity index (χ3n) is 4.82. The number of halogens is 2. The fourth-order valence-corrected chi connectivity index (χ4v) is 3.18. The second kappa shape index (κ2) is 11.9. The maximum absolute atomic E-state index is 12.1. The predicted molar refractivity (Wildman–Crippen MR) is 118 cm³/mol. The molecule has 0 atom stereocenters. The van der Waals surface area contributed by atoms with Gasteiger partial charge in [0.1, 0.15) is 0 Å². The largest absolute Gasteiger partial charge is 0.399 e. The Morgan fingerprint density at radius 3 is 2.11 bits per heavy atom. The van der Waals surface area contributed by atoms with Gasteiger partial charge in [0.05, 0.1) is 12.5 Å². The summed E-state index contributed by atoms with van der Waals surface area (Å²) in [7, 11) is 0. The summed E-state index contributed by atoms with van der Waals surface area (Å²) in [6, 6.07) is 15.7. The number of likely N-dealkylation sites (tertiary alicyclic amines) is 1. The molecule has 0 spiro atoms. The van der Waals surface area contributed by atoms with Crippen LogP contribution >= 0.6 is 24.8 Å². The standard InChI is InChI=1S/C21H27N3O2.2ClH/c22-19-7-5-16(6-8-19)13-21(26)23-14-17-1-3-18(4-2-17)15-24-11-9-20(25)10-12-24;;/h1-8,20,25H,9-15,22H2,(H,23,26);2*1H. The van der Waals surface area contributed by atoms with E-state index >= 15 is 0 Å². The Morgan fingerprint density at radius 2 is 1.50 bits per heavy atom. The lowest BCUT2D eigenvalue weighted by molar-refractivity contribution is -0.120. The highest BCUT2D eigenvalue weighted by Crippen LogP contribution is 2.14. The molecular weight excluding hydrogens is 397 g/mol. The molecule has 3 rings (SSSR count). The molecule has 28 heavy (non-hydrogen) atoms. The zero-order chi connectivity index (χ0) is 18.4. The molecule has 0 aliphatic carbocycles. The van der Waals surface area contributed by atoms with Crippen LogP contribution in [0.2, 0.25) is 0 Å². The lowest BCUT2D eigenvalue weighted by atomic mass is 10.1. The van der Waals surface area contributed by atoms with E-state index < -0.39 is 0 Å². The zero-order valence-electron chi connectivity index (χ0n) is 15.8. The van der Waals surface area contributed by atoms with E-state index in [0.717, 1.165) is 43.6 Å². The number of piperidine rings is 1. The molecule has 4 N–H and O–H groups in total. The number of nitrogens with one attached hydrogen (secondary N) is 1. The van der Waals surface area contributed by atoms with Crippen molar-refractivity contribution in [1.29, 1.82) is 0 Å². The van der Waals surface area contributed by atoms with Gasteiger partial charge in [0, 0.05) is 31.9 Å². The molecule has 5 nitrogen and oxygen atoms in total. The van der Waals surface area contributed by atoms with Crippen LogP contribution in [-0.2, 0) is 24.3 Å². The summed E-state index contributed by atoms with van der Waals surface area (Å²) in [6.45, 7) is 3.34. The number of anilines is 1. The number of hydrogen-bond acceptors (Lipinski definition) is 4. The minimum absolute atomic E-state index is 0. The molecule has 0 bridgehead atoms. The fourth-order valence-electron chi connectivity index (χ4n) is 3.18. The Balaban J connectivity index is 0.00000196. The first-order valence-electron chi connectivity index (χ1n) is 9.18. The summed E-state index contributed by atoms with van der Waals surface area (Å²) in [5.74, 6) is 0.00530. The van der Waals surface area contributed by atoms with Gasteiger partial charge in [-0.1, -0.05) is 36.4 Å². The Kier molecular flexibility index (Phi) is 10.3. The Hall–Kier alpha value is -1.79. The summed E-state index contributed by atoms with van der Waals surface area (Å²) in [4.78, 5) is 14.4. The molecule has 1 saturated heterocycles. The number of carbonyl (C=O) groups is 1. The number of benzene rings is 2. The second-order valence-corrected chi connectivity index (χ2v) is 7.02. The third kappa shape index (κ3) is 7.68. The van der Waals surface area contributed by atoms with Gasteiger partial charge in [0.2, 0.25) is 5.91 Å². The first-order valence-corrected chi connectivity index (χ1v) is 9.18. The molecule has 1 amide bonds. The van der Waals surface area contributed by atoms with E-state index in [1.165, 1.54) is 5.56 Å². The van der Waals surface area contributed by atoms with E-state index in [2.05, 4.69) is 34.5 Å². The number of rotatable bonds is 6. The van der Waals surface area contributed by atoms with Crippen molar-refractivity contribution >= 4 is 36.4 Å². The van der Waals surface area contributed by atoms with Gasteiger partial charge >= 0.3 is 0 Å². The van der Waals surface area contributed by atoms with Crippen LogP contribution in [0.25, 0.3) is 0 Å². The van der Waals surface area contributed by atoms with E-state index in [9.17, 15) is 9.90 Å². The third-order valence-corrected chi connectivity index (χ3v) is 4.82. The minimum Gasteiger partial charge on any atom is -0.399 e. The fraction of sp³-hybridized carbons (Fsp3) is 0.381. The van der Waals surface area contributed by atoms with Gasteiger partial charge in [-0.05, 0) is 41.7 Å². The predicted octanol–water partition coefficient (Wildman–Crippen LogP) is 2.93. The summed E-state index contributed by atoms with van der Waals surface area (Å²) < 4.78 is 0. The molecule has 1 fully saturated rings. The van der Waals surface area contributed by atoms with Gasteiger partial charge in [-0.3, -0.25) is 9.69 Å². The normalized spacial score (nSPS) is 14.6. The van der Waals surface area contributed by atoms with E-state index in [1.807, 2.05) is 24.3 Å². The van der Waals surface area contributed by atoms with Crippen molar-refractivity contribution in [2.24, 2.45) is 0 Å². The topological polar surface area (TPSA) is 78.6 Å². The smallest absolute Gasteiger partial charge is 0.224 e. The van der Waals surface area contributed by atoms with Crippen molar-refractivity contribution in [2.75, 3.05) is 18.8 Å². The highest BCUT2D eigenvalue weighted by Gasteiger charge is 2.16. The average molecular weight is 426 g/mol. The molecule has 1 aliphatic rings. The van der Waals surface area contributed by atoms with E-state index in [1.54, 1.807) is 0 Å². The van der Waals surface area contributed by atoms with Gasteiger partial charge in [-0.15, -0.1) is 24.8 Å². The van der Waals surface area contributed by atoms with Crippen LogP contribution in [0.15, 0.2) is 48.5 Å². The number of amides is 1. The van der Waals surface area contributed by atoms with Gasteiger partial charge in [0.15, 0.2) is 0 Å². The first-order chi connectivity index (χ1) is 12.6. The van der Waals surface area contributed by atoms with Crippen molar-refractivity contribution in [1.82, 2.24) is 10.2 Å². The average Bonchev–Trinajstić information content (AvgIpc) is 2.65. The molecule has 0 saturated carbocycles. The van der Waals surface area contributed by atoms with Crippen LogP contribution in [0, 0.1) is 0 Å². The summed E-state index contributed by atoms with van der Waals surface area (Å²) >= 11 is 0. The van der Waals surface area contributed by atoms with Crippen LogP contribution in [0.3, 0.4) is 0 Å². The monoisotopic (exact) mass is 425 g/mol. The molecule has 0 aromatic heterocycles. The first kappa shape index (κ1) is 24.2. The molecule has 0 unspecified atom stereocenters. The Bertz CT molecular complexity index is 715. The number of nitrogens with two attached hydrogens (primary N) is 1. The molecular formula is C21H29Cl2N3O2. The van der Waals surface area contributed by atoms with E-state index in [4.69, 9.17) is 5.73 Å². The number of aliphatic hydroxyl groups is 1.